The summed E-state index contributed by atoms with van der Waals surface area (Å²) in [6, 6.07) is 22.3. The molecule has 2 aromatic heterocycles. The predicted molar refractivity (Wildman–Crippen MR) is 115 cm³/mol. The first-order valence-electron chi connectivity index (χ1n) is 8.57. The molecule has 0 saturated carbocycles. The lowest BCUT2D eigenvalue weighted by atomic mass is 10.4. The minimum absolute atomic E-state index is 0.118. The highest BCUT2D eigenvalue weighted by Crippen LogP contribution is 2.32. The second-order valence-corrected chi connectivity index (χ2v) is 9.02. The Hall–Kier alpha value is -2.61. The van der Waals surface area contributed by atoms with Crippen molar-refractivity contribution in [1.82, 2.24) is 0 Å². The molecule has 2 aromatic carbocycles. The second-order valence-electron chi connectivity index (χ2n) is 5.78. The van der Waals surface area contributed by atoms with Gasteiger partial charge < -0.3 is 8.83 Å². The van der Waals surface area contributed by atoms with Crippen molar-refractivity contribution in [2.24, 2.45) is 0 Å². The summed E-state index contributed by atoms with van der Waals surface area (Å²) in [4.78, 5) is 28.0. The van der Waals surface area contributed by atoms with Crippen LogP contribution in [0.5, 0.6) is 0 Å². The summed E-state index contributed by atoms with van der Waals surface area (Å²) in [5.41, 5.74) is 0. The monoisotopic (exact) mass is 438 g/mol. The molecule has 144 valence electrons. The zero-order valence-corrected chi connectivity index (χ0v) is 17.4. The maximum Gasteiger partial charge on any atom is 0.259 e. The van der Waals surface area contributed by atoms with E-state index in [4.69, 9.17) is 8.83 Å². The molecule has 0 atom stereocenters. The number of carbonyl (C=O) groups excluding carboxylic acids is 2. The van der Waals surface area contributed by atoms with Crippen molar-refractivity contribution in [1.29, 1.82) is 0 Å². The largest absolute Gasteiger partial charge is 0.460 e. The van der Waals surface area contributed by atoms with Crippen molar-refractivity contribution in [2.75, 3.05) is 0 Å². The van der Waals surface area contributed by atoms with Crippen molar-refractivity contribution >= 4 is 45.5 Å². The topological polar surface area (TPSA) is 60.4 Å². The van der Waals surface area contributed by atoms with Crippen LogP contribution in [0.3, 0.4) is 0 Å². The van der Waals surface area contributed by atoms with E-state index in [1.54, 1.807) is 36.0 Å². The fourth-order valence-corrected chi connectivity index (χ4v) is 4.61. The number of carbonyl (C=O) groups is 2. The summed E-state index contributed by atoms with van der Waals surface area (Å²) in [6.45, 7) is 0. The van der Waals surface area contributed by atoms with Crippen LogP contribution in [-0.4, -0.2) is 10.2 Å². The molecule has 0 bridgehead atoms. The van der Waals surface area contributed by atoms with Crippen molar-refractivity contribution in [3.8, 4) is 0 Å². The first kappa shape index (κ1) is 19.7. The number of rotatable bonds is 6. The highest BCUT2D eigenvalue weighted by atomic mass is 32.2. The van der Waals surface area contributed by atoms with E-state index in [0.29, 0.717) is 11.5 Å². The van der Waals surface area contributed by atoms with E-state index < -0.39 is 0 Å². The standard InChI is InChI=1S/C22H14O4S3/c23-21(19-3-1-13-25-19)28-17-9-5-15(6-10-17)27-16-7-11-18(12-8-16)29-22(24)20-4-2-14-26-20/h1-14H. The van der Waals surface area contributed by atoms with Crippen LogP contribution >= 0.6 is 35.3 Å². The third-order valence-electron chi connectivity index (χ3n) is 3.75. The molecule has 0 radical (unpaired) electrons. The molecule has 0 unspecified atom stereocenters. The van der Waals surface area contributed by atoms with Gasteiger partial charge in [0, 0.05) is 19.6 Å². The van der Waals surface area contributed by atoms with Crippen LogP contribution in [0.1, 0.15) is 21.1 Å². The normalized spacial score (nSPS) is 10.8. The Bertz CT molecular complexity index is 994. The van der Waals surface area contributed by atoms with Gasteiger partial charge in [-0.3, -0.25) is 9.59 Å². The van der Waals surface area contributed by atoms with Crippen LogP contribution in [0.25, 0.3) is 0 Å². The van der Waals surface area contributed by atoms with Gasteiger partial charge in [0.2, 0.25) is 0 Å². The molecular weight excluding hydrogens is 424 g/mol. The van der Waals surface area contributed by atoms with Gasteiger partial charge in [-0.2, -0.15) is 0 Å². The third-order valence-corrected chi connectivity index (χ3v) is 6.55. The summed E-state index contributed by atoms with van der Waals surface area (Å²) in [5.74, 6) is 0.689. The van der Waals surface area contributed by atoms with E-state index in [1.165, 1.54) is 12.5 Å². The van der Waals surface area contributed by atoms with Gasteiger partial charge in [-0.1, -0.05) is 11.8 Å². The molecule has 4 rings (SSSR count). The van der Waals surface area contributed by atoms with Gasteiger partial charge in [-0.15, -0.1) is 0 Å². The molecule has 0 N–H and O–H groups in total. The van der Waals surface area contributed by atoms with Gasteiger partial charge in [0.1, 0.15) is 0 Å². The van der Waals surface area contributed by atoms with Gasteiger partial charge in [0.15, 0.2) is 11.5 Å². The summed E-state index contributed by atoms with van der Waals surface area (Å²) in [5, 5.41) is -0.236. The van der Waals surface area contributed by atoms with Crippen molar-refractivity contribution in [2.45, 2.75) is 19.6 Å². The van der Waals surface area contributed by atoms with E-state index in [1.807, 2.05) is 48.5 Å². The highest BCUT2D eigenvalue weighted by Gasteiger charge is 2.12. The number of furan rings is 2. The minimum atomic E-state index is -0.118. The number of hydrogen-bond acceptors (Lipinski definition) is 7. The van der Waals surface area contributed by atoms with Crippen LogP contribution < -0.4 is 0 Å². The molecule has 0 aliphatic rings. The molecule has 0 aliphatic heterocycles. The van der Waals surface area contributed by atoms with Crippen molar-refractivity contribution in [3.63, 3.8) is 0 Å². The van der Waals surface area contributed by atoms with Gasteiger partial charge in [-0.05, 0) is 96.3 Å². The molecule has 0 fully saturated rings. The Balaban J connectivity index is 1.34. The van der Waals surface area contributed by atoms with Crippen molar-refractivity contribution in [3.05, 3.63) is 96.8 Å². The molecule has 4 aromatic rings. The van der Waals surface area contributed by atoms with Gasteiger partial charge in [0.05, 0.1) is 12.5 Å². The quantitative estimate of drug-likeness (QED) is 0.304. The lowest BCUT2D eigenvalue weighted by Crippen LogP contribution is -1.90. The zero-order valence-electron chi connectivity index (χ0n) is 14.9. The molecule has 0 saturated heterocycles. The Morgan fingerprint density at radius 3 is 1.28 bits per heavy atom. The summed E-state index contributed by atoms with van der Waals surface area (Å²) >= 11 is 3.89. The highest BCUT2D eigenvalue weighted by molar-refractivity contribution is 8.14. The van der Waals surface area contributed by atoms with E-state index in [0.717, 1.165) is 43.1 Å². The smallest absolute Gasteiger partial charge is 0.259 e. The average molecular weight is 439 g/mol. The van der Waals surface area contributed by atoms with Crippen molar-refractivity contribution < 1.29 is 18.4 Å². The fraction of sp³-hybridized carbons (Fsp3) is 0. The molecule has 4 nitrogen and oxygen atoms in total. The Morgan fingerprint density at radius 1 is 0.552 bits per heavy atom. The summed E-state index contributed by atoms with van der Waals surface area (Å²) in [6.07, 6.45) is 2.98. The maximum absolute atomic E-state index is 12.1. The van der Waals surface area contributed by atoms with E-state index in [2.05, 4.69) is 0 Å². The Labute approximate surface area is 180 Å². The molecule has 7 heteroatoms. The predicted octanol–water partition coefficient (Wildman–Crippen LogP) is 6.89. The number of benzene rings is 2. The van der Waals surface area contributed by atoms with Crippen LogP contribution in [0.15, 0.2) is 114 Å². The summed E-state index contributed by atoms with van der Waals surface area (Å²) < 4.78 is 10.2. The van der Waals surface area contributed by atoms with Gasteiger partial charge in [-0.25, -0.2) is 0 Å². The fourth-order valence-electron chi connectivity index (χ4n) is 2.39. The number of thioether (sulfide) groups is 2. The first-order chi connectivity index (χ1) is 14.2. The average Bonchev–Trinajstić information content (AvgIpc) is 3.45. The molecule has 0 spiro atoms. The first-order valence-corrected chi connectivity index (χ1v) is 11.0. The number of hydrogen-bond donors (Lipinski definition) is 0. The molecule has 29 heavy (non-hydrogen) atoms. The molecule has 0 aliphatic carbocycles. The van der Waals surface area contributed by atoms with Crippen LogP contribution in [0.4, 0.5) is 0 Å². The van der Waals surface area contributed by atoms with Crippen LogP contribution in [0, 0.1) is 0 Å². The zero-order chi connectivity index (χ0) is 20.1. The SMILES string of the molecule is O=C(Sc1ccc(Sc2ccc(SC(=O)c3ccco3)cc2)cc1)c1ccco1. The van der Waals surface area contributed by atoms with Gasteiger partial charge in [0.25, 0.3) is 10.2 Å². The molecular formula is C22H14O4S3. The second kappa shape index (κ2) is 9.26. The van der Waals surface area contributed by atoms with E-state index >= 15 is 0 Å². The molecule has 2 heterocycles. The Morgan fingerprint density at radius 2 is 0.931 bits per heavy atom. The summed E-state index contributed by atoms with van der Waals surface area (Å²) in [7, 11) is 0. The lowest BCUT2D eigenvalue weighted by molar-refractivity contribution is 0.105. The molecule has 0 amide bonds. The lowest BCUT2D eigenvalue weighted by Gasteiger charge is -2.05. The Kier molecular flexibility index (Phi) is 6.29. The van der Waals surface area contributed by atoms with E-state index in [-0.39, 0.29) is 10.2 Å². The van der Waals surface area contributed by atoms with Gasteiger partial charge >= 0.3 is 0 Å². The maximum atomic E-state index is 12.1. The van der Waals surface area contributed by atoms with Crippen LogP contribution in [0.2, 0.25) is 0 Å². The third kappa shape index (κ3) is 5.26. The minimum Gasteiger partial charge on any atom is -0.460 e. The van der Waals surface area contributed by atoms with Crippen LogP contribution in [-0.2, 0) is 0 Å². The van der Waals surface area contributed by atoms with E-state index in [9.17, 15) is 9.59 Å².